The molecule has 1 amide bonds. The van der Waals surface area contributed by atoms with Gasteiger partial charge in [-0.2, -0.15) is 0 Å². The van der Waals surface area contributed by atoms with Gasteiger partial charge in [0.2, 0.25) is 5.91 Å². The summed E-state index contributed by atoms with van der Waals surface area (Å²) >= 11 is 0. The molecule has 1 atom stereocenters. The minimum absolute atomic E-state index is 0.0437. The van der Waals surface area contributed by atoms with E-state index < -0.39 is 5.41 Å². The Hall–Kier alpha value is -2.40. The Morgan fingerprint density at radius 1 is 1.16 bits per heavy atom. The Labute approximate surface area is 187 Å². The van der Waals surface area contributed by atoms with Crippen molar-refractivity contribution in [3.05, 3.63) is 59.9 Å². The summed E-state index contributed by atoms with van der Waals surface area (Å²) in [5.74, 6) is 1.39. The largest absolute Gasteiger partial charge is 0.491 e. The van der Waals surface area contributed by atoms with Crippen LogP contribution in [0.4, 0.5) is 0 Å². The number of benzene rings is 1. The standard InChI is InChI=1S/C26H37N3O2/c1-19(2)31-22-10-8-9-20(17-22)18-29-15-12-21(13-16-29)24(23-11-6-7-14-27-23)28-25(30)26(3,4)5/h6-11,14,17,19,21,24H,12-13,15-16,18H2,1-5H3,(H,28,30)/t24-/m1/s1. The molecule has 1 aliphatic heterocycles. The predicted octanol–water partition coefficient (Wildman–Crippen LogP) is 4.98. The van der Waals surface area contributed by atoms with E-state index in [0.29, 0.717) is 5.92 Å². The van der Waals surface area contributed by atoms with Gasteiger partial charge >= 0.3 is 0 Å². The highest BCUT2D eigenvalue weighted by Crippen LogP contribution is 2.32. The van der Waals surface area contributed by atoms with E-state index in [1.54, 1.807) is 0 Å². The maximum atomic E-state index is 12.7. The fourth-order valence-corrected chi connectivity index (χ4v) is 4.04. The SMILES string of the molecule is CC(C)Oc1cccc(CN2CCC([C@@H](NC(=O)C(C)(C)C)c3ccccn3)CC2)c1. The summed E-state index contributed by atoms with van der Waals surface area (Å²) in [5, 5.41) is 3.30. The number of aromatic nitrogens is 1. The molecule has 1 fully saturated rings. The molecule has 168 valence electrons. The Morgan fingerprint density at radius 3 is 2.52 bits per heavy atom. The van der Waals surface area contributed by atoms with Gasteiger partial charge in [-0.1, -0.05) is 39.0 Å². The summed E-state index contributed by atoms with van der Waals surface area (Å²) in [5.41, 5.74) is 1.81. The molecule has 0 unspecified atom stereocenters. The highest BCUT2D eigenvalue weighted by atomic mass is 16.5. The van der Waals surface area contributed by atoms with Gasteiger partial charge in [-0.15, -0.1) is 0 Å². The molecule has 0 bridgehead atoms. The minimum atomic E-state index is -0.420. The number of rotatable bonds is 7. The van der Waals surface area contributed by atoms with Gasteiger partial charge in [0.05, 0.1) is 17.8 Å². The van der Waals surface area contributed by atoms with Crippen molar-refractivity contribution in [3.8, 4) is 5.75 Å². The van der Waals surface area contributed by atoms with Crippen LogP contribution in [0.25, 0.3) is 0 Å². The Balaban J connectivity index is 1.63. The van der Waals surface area contributed by atoms with Crippen molar-refractivity contribution in [3.63, 3.8) is 0 Å². The zero-order chi connectivity index (χ0) is 22.4. The van der Waals surface area contributed by atoms with Gasteiger partial charge in [0.15, 0.2) is 0 Å². The highest BCUT2D eigenvalue weighted by Gasteiger charge is 2.32. The fourth-order valence-electron chi connectivity index (χ4n) is 4.04. The van der Waals surface area contributed by atoms with Crippen LogP contribution in [0.15, 0.2) is 48.7 Å². The van der Waals surface area contributed by atoms with Crippen LogP contribution in [0.3, 0.4) is 0 Å². The van der Waals surface area contributed by atoms with Gasteiger partial charge in [-0.05, 0) is 75.5 Å². The first kappa shape index (κ1) is 23.3. The monoisotopic (exact) mass is 423 g/mol. The number of likely N-dealkylation sites (tertiary alicyclic amines) is 1. The fraction of sp³-hybridized carbons (Fsp3) is 0.538. The van der Waals surface area contributed by atoms with E-state index in [2.05, 4.69) is 33.4 Å². The van der Waals surface area contributed by atoms with Crippen molar-refractivity contribution in [2.45, 2.75) is 66.2 Å². The summed E-state index contributed by atoms with van der Waals surface area (Å²) in [7, 11) is 0. The van der Waals surface area contributed by atoms with E-state index >= 15 is 0 Å². The molecule has 5 nitrogen and oxygen atoms in total. The third kappa shape index (κ3) is 6.79. The molecule has 0 aliphatic carbocycles. The first-order chi connectivity index (χ1) is 14.7. The zero-order valence-electron chi connectivity index (χ0n) is 19.6. The number of carbonyl (C=O) groups excluding carboxylic acids is 1. The Kier molecular flexibility index (Phi) is 7.71. The Morgan fingerprint density at radius 2 is 1.90 bits per heavy atom. The number of ether oxygens (including phenoxy) is 1. The summed E-state index contributed by atoms with van der Waals surface area (Å²) in [6, 6.07) is 14.3. The average Bonchev–Trinajstić information content (AvgIpc) is 2.72. The lowest BCUT2D eigenvalue weighted by atomic mass is 9.85. The van der Waals surface area contributed by atoms with E-state index in [-0.39, 0.29) is 18.1 Å². The number of hydrogen-bond donors (Lipinski definition) is 1. The topological polar surface area (TPSA) is 54.5 Å². The molecule has 0 saturated carbocycles. The molecule has 0 radical (unpaired) electrons. The van der Waals surface area contributed by atoms with Gasteiger partial charge in [-0.3, -0.25) is 14.7 Å². The van der Waals surface area contributed by atoms with Crippen LogP contribution in [0.2, 0.25) is 0 Å². The second-order valence-electron chi connectivity index (χ2n) is 9.88. The van der Waals surface area contributed by atoms with Gasteiger partial charge in [0.25, 0.3) is 0 Å². The number of amides is 1. The molecule has 31 heavy (non-hydrogen) atoms. The third-order valence-corrected chi connectivity index (χ3v) is 5.75. The van der Waals surface area contributed by atoms with Crippen LogP contribution in [-0.2, 0) is 11.3 Å². The molecule has 1 N–H and O–H groups in total. The molecular weight excluding hydrogens is 386 g/mol. The normalized spacial score (nSPS) is 16.8. The first-order valence-corrected chi connectivity index (χ1v) is 11.4. The van der Waals surface area contributed by atoms with Gasteiger partial charge in [-0.25, -0.2) is 0 Å². The molecule has 1 aromatic heterocycles. The van der Waals surface area contributed by atoms with E-state index in [1.807, 2.05) is 65.1 Å². The van der Waals surface area contributed by atoms with Crippen molar-refractivity contribution in [1.82, 2.24) is 15.2 Å². The number of piperidine rings is 1. The maximum absolute atomic E-state index is 12.7. The summed E-state index contributed by atoms with van der Waals surface area (Å²) in [4.78, 5) is 19.8. The number of hydrogen-bond acceptors (Lipinski definition) is 4. The summed E-state index contributed by atoms with van der Waals surface area (Å²) in [6.45, 7) is 12.9. The van der Waals surface area contributed by atoms with Crippen molar-refractivity contribution < 1.29 is 9.53 Å². The molecule has 5 heteroatoms. The molecule has 1 aliphatic rings. The second kappa shape index (κ2) is 10.3. The molecule has 3 rings (SSSR count). The van der Waals surface area contributed by atoms with Crippen molar-refractivity contribution in [2.24, 2.45) is 11.3 Å². The smallest absolute Gasteiger partial charge is 0.225 e. The number of pyridine rings is 1. The van der Waals surface area contributed by atoms with Gasteiger partial charge in [0.1, 0.15) is 5.75 Å². The highest BCUT2D eigenvalue weighted by molar-refractivity contribution is 5.81. The number of nitrogens with zero attached hydrogens (tertiary/aromatic N) is 2. The van der Waals surface area contributed by atoms with E-state index in [9.17, 15) is 4.79 Å². The van der Waals surface area contributed by atoms with Crippen LogP contribution in [0.1, 0.15) is 64.8 Å². The van der Waals surface area contributed by atoms with Crippen molar-refractivity contribution >= 4 is 5.91 Å². The van der Waals surface area contributed by atoms with Gasteiger partial charge in [0, 0.05) is 18.2 Å². The van der Waals surface area contributed by atoms with Crippen LogP contribution in [-0.4, -0.2) is 35.0 Å². The van der Waals surface area contributed by atoms with Crippen LogP contribution >= 0.6 is 0 Å². The van der Waals surface area contributed by atoms with Crippen LogP contribution < -0.4 is 10.1 Å². The molecular formula is C26H37N3O2. The third-order valence-electron chi connectivity index (χ3n) is 5.75. The first-order valence-electron chi connectivity index (χ1n) is 11.4. The van der Waals surface area contributed by atoms with Crippen molar-refractivity contribution in [1.29, 1.82) is 0 Å². The molecule has 1 aromatic carbocycles. The molecule has 2 heterocycles. The summed E-state index contributed by atoms with van der Waals surface area (Å²) in [6.07, 6.45) is 4.06. The molecule has 2 aromatic rings. The lowest BCUT2D eigenvalue weighted by molar-refractivity contribution is -0.129. The van der Waals surface area contributed by atoms with E-state index in [1.165, 1.54) is 5.56 Å². The van der Waals surface area contributed by atoms with Crippen LogP contribution in [0.5, 0.6) is 5.75 Å². The van der Waals surface area contributed by atoms with Crippen molar-refractivity contribution in [2.75, 3.05) is 13.1 Å². The summed E-state index contributed by atoms with van der Waals surface area (Å²) < 4.78 is 5.84. The predicted molar refractivity (Wildman–Crippen MR) is 125 cm³/mol. The van der Waals surface area contributed by atoms with E-state index in [4.69, 9.17) is 4.74 Å². The molecule has 0 spiro atoms. The zero-order valence-corrected chi connectivity index (χ0v) is 19.6. The quantitative estimate of drug-likeness (QED) is 0.682. The number of carbonyl (C=O) groups is 1. The maximum Gasteiger partial charge on any atom is 0.225 e. The average molecular weight is 424 g/mol. The van der Waals surface area contributed by atoms with Gasteiger partial charge < -0.3 is 10.1 Å². The van der Waals surface area contributed by atoms with Crippen LogP contribution in [0, 0.1) is 11.3 Å². The van der Waals surface area contributed by atoms with E-state index in [0.717, 1.165) is 43.9 Å². The lowest BCUT2D eigenvalue weighted by Crippen LogP contribution is -2.44. The lowest BCUT2D eigenvalue weighted by Gasteiger charge is -2.37. The Bertz CT molecular complexity index is 837. The molecule has 1 saturated heterocycles. The second-order valence-corrected chi connectivity index (χ2v) is 9.88. The number of nitrogens with one attached hydrogen (secondary N) is 1. The minimum Gasteiger partial charge on any atom is -0.491 e.